The van der Waals surface area contributed by atoms with Gasteiger partial charge in [-0.05, 0) is 18.2 Å². The minimum Gasteiger partial charge on any atom is -0.211 e. The summed E-state index contributed by atoms with van der Waals surface area (Å²) in [6.45, 7) is 2.23. The highest BCUT2D eigenvalue weighted by atomic mass is 35.5. The molecule has 3 nitrogen and oxygen atoms in total. The standard InChI is InChI=1S/C12H26ClNO2S/c1-2-3-4-5-6-7-8-9-10-11-12-17(15,16)14-13/h14H,2-12H2,1H3. The molecule has 0 saturated carbocycles. The molecule has 104 valence electrons. The molecule has 0 aromatic heterocycles. The zero-order valence-corrected chi connectivity index (χ0v) is 12.5. The van der Waals surface area contributed by atoms with Gasteiger partial charge in [-0.1, -0.05) is 64.7 Å². The van der Waals surface area contributed by atoms with Gasteiger partial charge in [-0.2, -0.15) is 0 Å². The largest absolute Gasteiger partial charge is 0.224 e. The fourth-order valence-corrected chi connectivity index (χ4v) is 2.71. The maximum absolute atomic E-state index is 11.0. The minimum atomic E-state index is -3.21. The summed E-state index contributed by atoms with van der Waals surface area (Å²) in [5.41, 5.74) is 0. The van der Waals surface area contributed by atoms with E-state index < -0.39 is 10.0 Å². The second-order valence-electron chi connectivity index (χ2n) is 4.58. The Morgan fingerprint density at radius 2 is 1.24 bits per heavy atom. The summed E-state index contributed by atoms with van der Waals surface area (Å²) in [4.78, 5) is 0. The first kappa shape index (κ1) is 17.2. The molecule has 0 aromatic carbocycles. The molecule has 1 N–H and O–H groups in total. The van der Waals surface area contributed by atoms with Crippen LogP contribution in [0.2, 0.25) is 0 Å². The van der Waals surface area contributed by atoms with Gasteiger partial charge in [-0.15, -0.1) is 4.24 Å². The molecule has 0 aromatic rings. The fraction of sp³-hybridized carbons (Fsp3) is 1.00. The van der Waals surface area contributed by atoms with Crippen LogP contribution in [0.15, 0.2) is 0 Å². The van der Waals surface area contributed by atoms with E-state index in [1.54, 1.807) is 0 Å². The molecule has 0 amide bonds. The van der Waals surface area contributed by atoms with E-state index in [0.717, 1.165) is 12.8 Å². The van der Waals surface area contributed by atoms with E-state index in [2.05, 4.69) is 6.92 Å². The Morgan fingerprint density at radius 3 is 1.65 bits per heavy atom. The van der Waals surface area contributed by atoms with Crippen molar-refractivity contribution >= 4 is 21.8 Å². The van der Waals surface area contributed by atoms with Gasteiger partial charge in [0.2, 0.25) is 10.0 Å². The molecular formula is C12H26ClNO2S. The van der Waals surface area contributed by atoms with Gasteiger partial charge >= 0.3 is 0 Å². The van der Waals surface area contributed by atoms with Crippen LogP contribution in [0.25, 0.3) is 0 Å². The Hall–Kier alpha value is 0.200. The molecule has 0 aliphatic heterocycles. The average molecular weight is 284 g/mol. The zero-order valence-electron chi connectivity index (χ0n) is 10.9. The van der Waals surface area contributed by atoms with Crippen molar-refractivity contribution < 1.29 is 8.42 Å². The lowest BCUT2D eigenvalue weighted by Crippen LogP contribution is -2.17. The van der Waals surface area contributed by atoms with Crippen LogP contribution in [-0.4, -0.2) is 14.2 Å². The van der Waals surface area contributed by atoms with Gasteiger partial charge in [0, 0.05) is 0 Å². The van der Waals surface area contributed by atoms with Crippen molar-refractivity contribution in [3.05, 3.63) is 0 Å². The monoisotopic (exact) mass is 283 g/mol. The smallest absolute Gasteiger partial charge is 0.211 e. The number of unbranched alkanes of at least 4 members (excludes halogenated alkanes) is 9. The molecule has 0 heterocycles. The van der Waals surface area contributed by atoms with E-state index >= 15 is 0 Å². The summed E-state index contributed by atoms with van der Waals surface area (Å²) in [7, 11) is -3.21. The third kappa shape index (κ3) is 12.4. The molecular weight excluding hydrogens is 258 g/mol. The molecule has 0 rings (SSSR count). The summed E-state index contributed by atoms with van der Waals surface area (Å²) < 4.78 is 23.8. The zero-order chi connectivity index (χ0) is 13.0. The van der Waals surface area contributed by atoms with Gasteiger partial charge < -0.3 is 0 Å². The van der Waals surface area contributed by atoms with Crippen LogP contribution >= 0.6 is 11.8 Å². The van der Waals surface area contributed by atoms with Crippen molar-refractivity contribution in [1.29, 1.82) is 0 Å². The number of halogens is 1. The van der Waals surface area contributed by atoms with Gasteiger partial charge in [0.25, 0.3) is 0 Å². The van der Waals surface area contributed by atoms with Crippen LogP contribution in [0.3, 0.4) is 0 Å². The van der Waals surface area contributed by atoms with Crippen molar-refractivity contribution in [3.63, 3.8) is 0 Å². The van der Waals surface area contributed by atoms with Crippen LogP contribution in [0.4, 0.5) is 0 Å². The van der Waals surface area contributed by atoms with Gasteiger partial charge in [0.15, 0.2) is 0 Å². The molecule has 0 bridgehead atoms. The lowest BCUT2D eigenvalue weighted by atomic mass is 10.1. The summed E-state index contributed by atoms with van der Waals surface area (Å²) in [5, 5.41) is 0. The van der Waals surface area contributed by atoms with Crippen LogP contribution < -0.4 is 4.24 Å². The lowest BCUT2D eigenvalue weighted by molar-refractivity contribution is 0.557. The molecule has 0 aliphatic rings. The third-order valence-corrected chi connectivity index (χ3v) is 4.65. The normalized spacial score (nSPS) is 11.9. The van der Waals surface area contributed by atoms with E-state index in [1.807, 2.05) is 4.24 Å². The quantitative estimate of drug-likeness (QED) is 0.435. The van der Waals surface area contributed by atoms with Crippen molar-refractivity contribution in [2.24, 2.45) is 0 Å². The van der Waals surface area contributed by atoms with E-state index in [-0.39, 0.29) is 5.75 Å². The maximum atomic E-state index is 11.0. The highest BCUT2D eigenvalue weighted by molar-refractivity contribution is 7.90. The molecule has 0 atom stereocenters. The Morgan fingerprint density at radius 1 is 0.824 bits per heavy atom. The molecule has 17 heavy (non-hydrogen) atoms. The molecule has 0 aliphatic carbocycles. The molecule has 0 spiro atoms. The van der Waals surface area contributed by atoms with Crippen LogP contribution in [0, 0.1) is 0 Å². The Balaban J connectivity index is 3.14. The lowest BCUT2D eigenvalue weighted by Gasteiger charge is -2.02. The Bertz CT molecular complexity index is 255. The SMILES string of the molecule is CCCCCCCCCCCCS(=O)(=O)NCl. The van der Waals surface area contributed by atoms with Crippen molar-refractivity contribution in [1.82, 2.24) is 4.24 Å². The Labute approximate surface area is 111 Å². The van der Waals surface area contributed by atoms with E-state index in [0.29, 0.717) is 6.42 Å². The van der Waals surface area contributed by atoms with Crippen molar-refractivity contribution in [3.8, 4) is 0 Å². The summed E-state index contributed by atoms with van der Waals surface area (Å²) in [5.74, 6) is 0.146. The minimum absolute atomic E-state index is 0.146. The number of nitrogens with one attached hydrogen (secondary N) is 1. The highest BCUT2D eigenvalue weighted by Crippen LogP contribution is 2.10. The second kappa shape index (κ2) is 11.3. The Kier molecular flexibility index (Phi) is 11.4. The van der Waals surface area contributed by atoms with Crippen LogP contribution in [0.1, 0.15) is 71.1 Å². The third-order valence-electron chi connectivity index (χ3n) is 2.88. The highest BCUT2D eigenvalue weighted by Gasteiger charge is 2.06. The van der Waals surface area contributed by atoms with E-state index in [4.69, 9.17) is 11.8 Å². The van der Waals surface area contributed by atoms with E-state index in [9.17, 15) is 8.42 Å². The van der Waals surface area contributed by atoms with Gasteiger partial charge in [-0.3, -0.25) is 0 Å². The average Bonchev–Trinajstić information content (AvgIpc) is 2.31. The summed E-state index contributed by atoms with van der Waals surface area (Å²) in [6.07, 6.45) is 12.0. The number of sulfonamides is 1. The maximum Gasteiger partial charge on any atom is 0.224 e. The fourth-order valence-electron chi connectivity index (χ4n) is 1.82. The van der Waals surface area contributed by atoms with Gasteiger partial charge in [-0.25, -0.2) is 8.42 Å². The number of hydrogen-bond donors (Lipinski definition) is 1. The summed E-state index contributed by atoms with van der Waals surface area (Å²) >= 11 is 5.08. The predicted molar refractivity (Wildman–Crippen MR) is 74.6 cm³/mol. The van der Waals surface area contributed by atoms with Crippen LogP contribution in [0.5, 0.6) is 0 Å². The number of rotatable bonds is 12. The first-order chi connectivity index (χ1) is 8.12. The van der Waals surface area contributed by atoms with Crippen LogP contribution in [-0.2, 0) is 10.0 Å². The summed E-state index contributed by atoms with van der Waals surface area (Å²) in [6, 6.07) is 0. The topological polar surface area (TPSA) is 46.2 Å². The van der Waals surface area contributed by atoms with Gasteiger partial charge in [0.1, 0.15) is 0 Å². The molecule has 0 saturated heterocycles. The molecule has 0 unspecified atom stereocenters. The molecule has 0 fully saturated rings. The molecule has 0 radical (unpaired) electrons. The number of hydrogen-bond acceptors (Lipinski definition) is 2. The first-order valence-electron chi connectivity index (χ1n) is 6.72. The van der Waals surface area contributed by atoms with E-state index in [1.165, 1.54) is 44.9 Å². The van der Waals surface area contributed by atoms with Crippen molar-refractivity contribution in [2.75, 3.05) is 5.75 Å². The first-order valence-corrected chi connectivity index (χ1v) is 8.75. The van der Waals surface area contributed by atoms with Crippen molar-refractivity contribution in [2.45, 2.75) is 71.1 Å². The van der Waals surface area contributed by atoms with Gasteiger partial charge in [0.05, 0.1) is 5.75 Å². The second-order valence-corrected chi connectivity index (χ2v) is 6.83. The predicted octanol–water partition coefficient (Wildman–Crippen LogP) is 3.98. The molecule has 5 heteroatoms.